The van der Waals surface area contributed by atoms with E-state index in [1.807, 2.05) is 20.9 Å². The van der Waals surface area contributed by atoms with E-state index in [0.29, 0.717) is 31.1 Å². The molecule has 0 aliphatic rings. The Balaban J connectivity index is 2.58. The SMILES string of the molecule is CCOCCC(O)Cc1c(Cl)c(CC)nn1C. The minimum absolute atomic E-state index is 0.431. The number of hydrogen-bond donors (Lipinski definition) is 1. The van der Waals surface area contributed by atoms with Gasteiger partial charge in [0.2, 0.25) is 0 Å². The van der Waals surface area contributed by atoms with Crippen molar-refractivity contribution in [2.45, 2.75) is 39.2 Å². The van der Waals surface area contributed by atoms with E-state index in [-0.39, 0.29) is 0 Å². The molecule has 1 N–H and O–H groups in total. The Kier molecular flexibility index (Phi) is 5.95. The van der Waals surface area contributed by atoms with Gasteiger partial charge in [0.05, 0.1) is 22.5 Å². The summed E-state index contributed by atoms with van der Waals surface area (Å²) in [6.45, 7) is 5.22. The average Bonchev–Trinajstić information content (AvgIpc) is 2.57. The Hall–Kier alpha value is -0.580. The Labute approximate surface area is 108 Å². The molecule has 1 unspecified atom stereocenters. The molecule has 0 fully saturated rings. The summed E-state index contributed by atoms with van der Waals surface area (Å²) in [5, 5.41) is 14.9. The lowest BCUT2D eigenvalue weighted by atomic mass is 10.1. The molecular weight excluding hydrogens is 240 g/mol. The molecule has 1 rings (SSSR count). The second-order valence-electron chi connectivity index (χ2n) is 4.03. The summed E-state index contributed by atoms with van der Waals surface area (Å²) in [7, 11) is 1.86. The van der Waals surface area contributed by atoms with Crippen molar-refractivity contribution in [3.63, 3.8) is 0 Å². The third-order valence-corrected chi connectivity index (χ3v) is 3.17. The highest BCUT2D eigenvalue weighted by atomic mass is 35.5. The van der Waals surface area contributed by atoms with Crippen molar-refractivity contribution in [2.24, 2.45) is 7.05 Å². The molecule has 0 spiro atoms. The molecule has 0 saturated heterocycles. The van der Waals surface area contributed by atoms with E-state index in [1.54, 1.807) is 4.68 Å². The second-order valence-corrected chi connectivity index (χ2v) is 4.41. The van der Waals surface area contributed by atoms with Crippen molar-refractivity contribution in [2.75, 3.05) is 13.2 Å². The van der Waals surface area contributed by atoms with Crippen LogP contribution in [0.3, 0.4) is 0 Å². The van der Waals surface area contributed by atoms with Gasteiger partial charge in [-0.25, -0.2) is 0 Å². The zero-order valence-corrected chi connectivity index (χ0v) is 11.5. The van der Waals surface area contributed by atoms with Gasteiger partial charge in [-0.05, 0) is 19.8 Å². The van der Waals surface area contributed by atoms with E-state index in [1.165, 1.54) is 0 Å². The van der Waals surface area contributed by atoms with Crippen molar-refractivity contribution >= 4 is 11.6 Å². The Morgan fingerprint density at radius 2 is 2.18 bits per heavy atom. The number of nitrogens with zero attached hydrogens (tertiary/aromatic N) is 2. The van der Waals surface area contributed by atoms with E-state index >= 15 is 0 Å². The van der Waals surface area contributed by atoms with E-state index in [2.05, 4.69) is 5.10 Å². The summed E-state index contributed by atoms with van der Waals surface area (Å²) in [6.07, 6.45) is 1.52. The highest BCUT2D eigenvalue weighted by Gasteiger charge is 2.16. The van der Waals surface area contributed by atoms with Gasteiger partial charge < -0.3 is 9.84 Å². The average molecular weight is 261 g/mol. The van der Waals surface area contributed by atoms with E-state index in [0.717, 1.165) is 17.8 Å². The van der Waals surface area contributed by atoms with Gasteiger partial charge in [0.15, 0.2) is 0 Å². The Morgan fingerprint density at radius 3 is 2.71 bits per heavy atom. The van der Waals surface area contributed by atoms with E-state index in [9.17, 15) is 5.11 Å². The number of aryl methyl sites for hydroxylation is 2. The van der Waals surface area contributed by atoms with Gasteiger partial charge in [-0.3, -0.25) is 4.68 Å². The maximum atomic E-state index is 9.88. The van der Waals surface area contributed by atoms with Crippen LogP contribution in [0.5, 0.6) is 0 Å². The number of aliphatic hydroxyl groups is 1. The highest BCUT2D eigenvalue weighted by Crippen LogP contribution is 2.22. The van der Waals surface area contributed by atoms with Crippen molar-refractivity contribution in [3.05, 3.63) is 16.4 Å². The lowest BCUT2D eigenvalue weighted by Gasteiger charge is -2.11. The van der Waals surface area contributed by atoms with Crippen LogP contribution in [0.2, 0.25) is 5.02 Å². The van der Waals surface area contributed by atoms with E-state index in [4.69, 9.17) is 16.3 Å². The first-order valence-corrected chi connectivity index (χ1v) is 6.43. The quantitative estimate of drug-likeness (QED) is 0.763. The number of halogens is 1. The van der Waals surface area contributed by atoms with Crippen LogP contribution in [-0.4, -0.2) is 34.2 Å². The number of ether oxygens (including phenoxy) is 1. The summed E-state index contributed by atoms with van der Waals surface area (Å²) >= 11 is 6.21. The Bertz CT molecular complexity index is 353. The lowest BCUT2D eigenvalue weighted by molar-refractivity contribution is 0.0878. The minimum atomic E-state index is -0.431. The highest BCUT2D eigenvalue weighted by molar-refractivity contribution is 6.31. The summed E-state index contributed by atoms with van der Waals surface area (Å²) in [5.41, 5.74) is 1.79. The van der Waals surface area contributed by atoms with Gasteiger partial charge in [0, 0.05) is 26.7 Å². The summed E-state index contributed by atoms with van der Waals surface area (Å²) in [6, 6.07) is 0. The smallest absolute Gasteiger partial charge is 0.0850 e. The molecule has 4 nitrogen and oxygen atoms in total. The second kappa shape index (κ2) is 6.99. The third-order valence-electron chi connectivity index (χ3n) is 2.73. The lowest BCUT2D eigenvalue weighted by Crippen LogP contribution is -2.16. The first kappa shape index (κ1) is 14.5. The number of aromatic nitrogens is 2. The molecule has 0 amide bonds. The first-order chi connectivity index (χ1) is 8.10. The predicted octanol–water partition coefficient (Wildman–Crippen LogP) is 1.97. The van der Waals surface area contributed by atoms with Gasteiger partial charge >= 0.3 is 0 Å². The maximum Gasteiger partial charge on any atom is 0.0850 e. The topological polar surface area (TPSA) is 47.3 Å². The first-order valence-electron chi connectivity index (χ1n) is 6.06. The van der Waals surface area contributed by atoms with Crippen molar-refractivity contribution < 1.29 is 9.84 Å². The zero-order valence-electron chi connectivity index (χ0n) is 10.7. The number of hydrogen-bond acceptors (Lipinski definition) is 3. The molecule has 0 aliphatic heterocycles. The standard InChI is InChI=1S/C12H21ClN2O2/c1-4-10-12(13)11(15(3)14-10)8-9(16)6-7-17-5-2/h9,16H,4-8H2,1-3H3. The van der Waals surface area contributed by atoms with Crippen LogP contribution in [0, 0.1) is 0 Å². The monoisotopic (exact) mass is 260 g/mol. The maximum absolute atomic E-state index is 9.88. The van der Waals surface area contributed by atoms with E-state index < -0.39 is 6.10 Å². The fraction of sp³-hybridized carbons (Fsp3) is 0.750. The fourth-order valence-corrected chi connectivity index (χ4v) is 2.10. The van der Waals surface area contributed by atoms with Gasteiger partial charge in [0.25, 0.3) is 0 Å². The third kappa shape index (κ3) is 3.98. The minimum Gasteiger partial charge on any atom is -0.393 e. The van der Waals surface area contributed by atoms with Gasteiger partial charge in [-0.1, -0.05) is 18.5 Å². The molecule has 1 aromatic rings. The number of rotatable bonds is 7. The molecule has 1 atom stereocenters. The van der Waals surface area contributed by atoms with Gasteiger partial charge in [0.1, 0.15) is 0 Å². The molecule has 1 heterocycles. The van der Waals surface area contributed by atoms with Crippen LogP contribution in [0.25, 0.3) is 0 Å². The molecule has 0 aromatic carbocycles. The van der Waals surface area contributed by atoms with Crippen LogP contribution < -0.4 is 0 Å². The van der Waals surface area contributed by atoms with Crippen LogP contribution >= 0.6 is 11.6 Å². The molecule has 5 heteroatoms. The van der Waals surface area contributed by atoms with Crippen molar-refractivity contribution in [1.82, 2.24) is 9.78 Å². The summed E-state index contributed by atoms with van der Waals surface area (Å²) < 4.78 is 6.97. The Morgan fingerprint density at radius 1 is 1.47 bits per heavy atom. The molecule has 98 valence electrons. The normalized spacial score (nSPS) is 13.0. The summed E-state index contributed by atoms with van der Waals surface area (Å²) in [4.78, 5) is 0. The number of aliphatic hydroxyl groups excluding tert-OH is 1. The van der Waals surface area contributed by atoms with Crippen LogP contribution in [0.1, 0.15) is 31.7 Å². The van der Waals surface area contributed by atoms with Gasteiger partial charge in [-0.2, -0.15) is 5.10 Å². The van der Waals surface area contributed by atoms with Crippen molar-refractivity contribution in [1.29, 1.82) is 0 Å². The molecule has 17 heavy (non-hydrogen) atoms. The molecular formula is C12H21ClN2O2. The largest absolute Gasteiger partial charge is 0.393 e. The zero-order chi connectivity index (χ0) is 12.8. The van der Waals surface area contributed by atoms with Crippen LogP contribution in [0.15, 0.2) is 0 Å². The van der Waals surface area contributed by atoms with Crippen LogP contribution in [-0.2, 0) is 24.6 Å². The molecule has 1 aromatic heterocycles. The van der Waals surface area contributed by atoms with Crippen molar-refractivity contribution in [3.8, 4) is 0 Å². The molecule has 0 bridgehead atoms. The van der Waals surface area contributed by atoms with Crippen LogP contribution in [0.4, 0.5) is 0 Å². The van der Waals surface area contributed by atoms with Gasteiger partial charge in [-0.15, -0.1) is 0 Å². The molecule has 0 radical (unpaired) electrons. The summed E-state index contributed by atoms with van der Waals surface area (Å²) in [5.74, 6) is 0. The fourth-order valence-electron chi connectivity index (χ4n) is 1.73. The predicted molar refractivity (Wildman–Crippen MR) is 68.4 cm³/mol. The molecule has 0 aliphatic carbocycles. The molecule has 0 saturated carbocycles.